The molecular formula is C18H23N3O. The Morgan fingerprint density at radius 3 is 2.73 bits per heavy atom. The molecular weight excluding hydrogens is 274 g/mol. The SMILES string of the molecule is CCc1cccc(-c2cccc(ONN[C@H]3CCNC3)c2)c1. The molecule has 116 valence electrons. The third-order valence-electron chi connectivity index (χ3n) is 3.99. The van der Waals surface area contributed by atoms with Gasteiger partial charge in [-0.2, -0.15) is 0 Å². The van der Waals surface area contributed by atoms with Gasteiger partial charge in [0.25, 0.3) is 0 Å². The smallest absolute Gasteiger partial charge is 0.149 e. The lowest BCUT2D eigenvalue weighted by molar-refractivity contribution is 0.135. The van der Waals surface area contributed by atoms with Crippen LogP contribution >= 0.6 is 0 Å². The number of hydrogen-bond donors (Lipinski definition) is 3. The summed E-state index contributed by atoms with van der Waals surface area (Å²) in [7, 11) is 0. The first-order valence-electron chi connectivity index (χ1n) is 7.92. The molecule has 1 saturated heterocycles. The van der Waals surface area contributed by atoms with Gasteiger partial charge in [0, 0.05) is 12.6 Å². The van der Waals surface area contributed by atoms with Crippen LogP contribution in [0.3, 0.4) is 0 Å². The van der Waals surface area contributed by atoms with Gasteiger partial charge < -0.3 is 10.2 Å². The molecule has 3 rings (SSSR count). The van der Waals surface area contributed by atoms with Crippen molar-refractivity contribution in [2.45, 2.75) is 25.8 Å². The highest BCUT2D eigenvalue weighted by molar-refractivity contribution is 5.65. The predicted molar refractivity (Wildman–Crippen MR) is 89.4 cm³/mol. The van der Waals surface area contributed by atoms with Crippen LogP contribution in [0.4, 0.5) is 0 Å². The van der Waals surface area contributed by atoms with Crippen molar-refractivity contribution in [2.24, 2.45) is 0 Å². The van der Waals surface area contributed by atoms with Gasteiger partial charge in [0.1, 0.15) is 5.75 Å². The second kappa shape index (κ2) is 7.40. The average molecular weight is 297 g/mol. The molecule has 0 saturated carbocycles. The Morgan fingerprint density at radius 1 is 1.14 bits per heavy atom. The number of nitrogens with one attached hydrogen (secondary N) is 3. The summed E-state index contributed by atoms with van der Waals surface area (Å²) in [5.74, 6) is 0.804. The summed E-state index contributed by atoms with van der Waals surface area (Å²) in [5, 5.41) is 3.30. The van der Waals surface area contributed by atoms with Crippen LogP contribution in [-0.2, 0) is 6.42 Å². The summed E-state index contributed by atoms with van der Waals surface area (Å²) in [5.41, 5.74) is 9.76. The van der Waals surface area contributed by atoms with Crippen molar-refractivity contribution in [3.63, 3.8) is 0 Å². The molecule has 0 spiro atoms. The average Bonchev–Trinajstić information content (AvgIpc) is 3.09. The first kappa shape index (κ1) is 15.0. The van der Waals surface area contributed by atoms with Gasteiger partial charge in [-0.3, -0.25) is 0 Å². The quantitative estimate of drug-likeness (QED) is 0.717. The van der Waals surface area contributed by atoms with Gasteiger partial charge in [0.2, 0.25) is 0 Å². The molecule has 0 radical (unpaired) electrons. The Morgan fingerprint density at radius 2 is 1.95 bits per heavy atom. The summed E-state index contributed by atoms with van der Waals surface area (Å²) < 4.78 is 0. The highest BCUT2D eigenvalue weighted by Crippen LogP contribution is 2.24. The fraction of sp³-hybridized carbons (Fsp3) is 0.333. The minimum atomic E-state index is 0.421. The first-order valence-corrected chi connectivity index (χ1v) is 7.92. The predicted octanol–water partition coefficient (Wildman–Crippen LogP) is 2.67. The van der Waals surface area contributed by atoms with Crippen molar-refractivity contribution < 1.29 is 4.84 Å². The molecule has 1 aliphatic rings. The number of rotatable bonds is 6. The Kier molecular flexibility index (Phi) is 5.06. The second-order valence-corrected chi connectivity index (χ2v) is 5.62. The maximum absolute atomic E-state index is 5.60. The Balaban J connectivity index is 1.63. The van der Waals surface area contributed by atoms with E-state index in [4.69, 9.17) is 4.84 Å². The van der Waals surface area contributed by atoms with E-state index in [2.05, 4.69) is 59.7 Å². The highest BCUT2D eigenvalue weighted by atomic mass is 16.7. The molecule has 2 aromatic carbocycles. The maximum atomic E-state index is 5.60. The molecule has 1 fully saturated rings. The molecule has 1 atom stereocenters. The van der Waals surface area contributed by atoms with Crippen molar-refractivity contribution in [3.8, 4) is 16.9 Å². The molecule has 1 heterocycles. The van der Waals surface area contributed by atoms with Gasteiger partial charge in [-0.25, -0.2) is 5.43 Å². The van der Waals surface area contributed by atoms with E-state index in [0.29, 0.717) is 6.04 Å². The number of hydrogen-bond acceptors (Lipinski definition) is 4. The number of aryl methyl sites for hydroxylation is 1. The lowest BCUT2D eigenvalue weighted by Crippen LogP contribution is -2.43. The van der Waals surface area contributed by atoms with Crippen LogP contribution in [0, 0.1) is 0 Å². The zero-order chi connectivity index (χ0) is 15.2. The normalized spacial score (nSPS) is 17.6. The summed E-state index contributed by atoms with van der Waals surface area (Å²) >= 11 is 0. The minimum absolute atomic E-state index is 0.421. The third-order valence-corrected chi connectivity index (χ3v) is 3.99. The minimum Gasteiger partial charge on any atom is -0.394 e. The van der Waals surface area contributed by atoms with E-state index in [1.54, 1.807) is 0 Å². The van der Waals surface area contributed by atoms with Gasteiger partial charge >= 0.3 is 0 Å². The number of hydrazine groups is 1. The molecule has 4 nitrogen and oxygen atoms in total. The van der Waals surface area contributed by atoms with Gasteiger partial charge in [0.15, 0.2) is 0 Å². The Hall–Kier alpha value is -1.88. The van der Waals surface area contributed by atoms with Gasteiger partial charge in [-0.1, -0.05) is 48.9 Å². The third kappa shape index (κ3) is 3.85. The molecule has 4 heteroatoms. The fourth-order valence-electron chi connectivity index (χ4n) is 2.66. The lowest BCUT2D eigenvalue weighted by Gasteiger charge is -2.13. The van der Waals surface area contributed by atoms with E-state index in [9.17, 15) is 0 Å². The number of benzene rings is 2. The van der Waals surface area contributed by atoms with Crippen LogP contribution in [-0.4, -0.2) is 19.1 Å². The van der Waals surface area contributed by atoms with Crippen molar-refractivity contribution in [3.05, 3.63) is 54.1 Å². The molecule has 0 amide bonds. The molecule has 0 unspecified atom stereocenters. The van der Waals surface area contributed by atoms with Crippen LogP contribution in [0.25, 0.3) is 11.1 Å². The van der Waals surface area contributed by atoms with Gasteiger partial charge in [-0.15, -0.1) is 0 Å². The van der Waals surface area contributed by atoms with Crippen LogP contribution in [0.1, 0.15) is 18.9 Å². The van der Waals surface area contributed by atoms with Crippen LogP contribution in [0.5, 0.6) is 5.75 Å². The summed E-state index contributed by atoms with van der Waals surface area (Å²) in [6, 6.07) is 17.2. The zero-order valence-electron chi connectivity index (χ0n) is 12.9. The van der Waals surface area contributed by atoms with Crippen LogP contribution in [0.15, 0.2) is 48.5 Å². The fourth-order valence-corrected chi connectivity index (χ4v) is 2.66. The van der Waals surface area contributed by atoms with E-state index in [1.165, 1.54) is 11.1 Å². The summed E-state index contributed by atoms with van der Waals surface area (Å²) in [6.07, 6.45) is 2.16. The van der Waals surface area contributed by atoms with E-state index >= 15 is 0 Å². The molecule has 22 heavy (non-hydrogen) atoms. The Bertz CT molecular complexity index is 609. The topological polar surface area (TPSA) is 45.3 Å². The monoisotopic (exact) mass is 297 g/mol. The largest absolute Gasteiger partial charge is 0.394 e. The molecule has 2 aromatic rings. The van der Waals surface area contributed by atoms with Gasteiger partial charge in [0.05, 0.1) is 0 Å². The van der Waals surface area contributed by atoms with E-state index in [-0.39, 0.29) is 0 Å². The maximum Gasteiger partial charge on any atom is 0.149 e. The standard InChI is InChI=1S/C18H23N3O/c1-2-14-5-3-6-15(11-14)16-7-4-8-18(12-16)22-21-20-17-9-10-19-13-17/h3-8,11-12,17,19-21H,2,9-10,13H2,1H3/t17-/m0/s1. The van der Waals surface area contributed by atoms with Crippen LogP contribution < -0.4 is 21.2 Å². The van der Waals surface area contributed by atoms with Gasteiger partial charge in [-0.05, 0) is 48.2 Å². The summed E-state index contributed by atoms with van der Waals surface area (Å²) in [4.78, 5) is 5.60. The van der Waals surface area contributed by atoms with Crippen molar-refractivity contribution in [1.82, 2.24) is 16.3 Å². The first-order chi connectivity index (χ1) is 10.8. The lowest BCUT2D eigenvalue weighted by atomic mass is 10.0. The van der Waals surface area contributed by atoms with E-state index in [0.717, 1.165) is 37.2 Å². The van der Waals surface area contributed by atoms with Crippen molar-refractivity contribution >= 4 is 0 Å². The summed E-state index contributed by atoms with van der Waals surface area (Å²) in [6.45, 7) is 4.20. The van der Waals surface area contributed by atoms with E-state index < -0.39 is 0 Å². The zero-order valence-corrected chi connectivity index (χ0v) is 12.9. The second-order valence-electron chi connectivity index (χ2n) is 5.62. The highest BCUT2D eigenvalue weighted by Gasteiger charge is 2.13. The molecule has 0 aliphatic carbocycles. The molecule has 0 bridgehead atoms. The molecule has 0 aromatic heterocycles. The van der Waals surface area contributed by atoms with Crippen molar-refractivity contribution in [2.75, 3.05) is 13.1 Å². The molecule has 3 N–H and O–H groups in total. The van der Waals surface area contributed by atoms with Crippen molar-refractivity contribution in [1.29, 1.82) is 0 Å². The van der Waals surface area contributed by atoms with E-state index in [1.807, 2.05) is 12.1 Å². The Labute approximate surface area is 131 Å². The molecule has 1 aliphatic heterocycles. The van der Waals surface area contributed by atoms with Crippen LogP contribution in [0.2, 0.25) is 0 Å².